The van der Waals surface area contributed by atoms with Gasteiger partial charge in [-0.2, -0.15) is 0 Å². The van der Waals surface area contributed by atoms with Gasteiger partial charge in [-0.3, -0.25) is 0 Å². The predicted octanol–water partition coefficient (Wildman–Crippen LogP) is 2.04. The standard InChI is InChI=1S/C14H21ClN2O/c15-13-3-1-11(2-4-13)14(18)12-5-8-17(9-6-12)10-7-16/h1-4,12,14,18H,5-10,16H2. The normalized spacial score (nSPS) is 19.9. The highest BCUT2D eigenvalue weighted by atomic mass is 35.5. The first-order valence-electron chi connectivity index (χ1n) is 6.56. The second-order valence-electron chi connectivity index (χ2n) is 4.96. The SMILES string of the molecule is NCCN1CCC(C(O)c2ccc(Cl)cc2)CC1. The van der Waals surface area contributed by atoms with Gasteiger partial charge in [0.05, 0.1) is 6.10 Å². The minimum absolute atomic E-state index is 0.347. The highest BCUT2D eigenvalue weighted by Gasteiger charge is 2.25. The third kappa shape index (κ3) is 3.45. The van der Waals surface area contributed by atoms with Gasteiger partial charge in [0.25, 0.3) is 0 Å². The Hall–Kier alpha value is -0.610. The topological polar surface area (TPSA) is 49.5 Å². The number of halogens is 1. The van der Waals surface area contributed by atoms with E-state index in [4.69, 9.17) is 17.3 Å². The van der Waals surface area contributed by atoms with Crippen molar-refractivity contribution in [2.24, 2.45) is 11.7 Å². The van der Waals surface area contributed by atoms with Crippen LogP contribution in [0.4, 0.5) is 0 Å². The summed E-state index contributed by atoms with van der Waals surface area (Å²) < 4.78 is 0. The average Bonchev–Trinajstić information content (AvgIpc) is 2.40. The highest BCUT2D eigenvalue weighted by Crippen LogP contribution is 2.31. The molecule has 0 saturated carbocycles. The molecular formula is C14H21ClN2O. The van der Waals surface area contributed by atoms with Gasteiger partial charge in [0.1, 0.15) is 0 Å². The Balaban J connectivity index is 1.91. The number of aliphatic hydroxyl groups is 1. The van der Waals surface area contributed by atoms with Gasteiger partial charge in [0, 0.05) is 18.1 Å². The fraction of sp³-hybridized carbons (Fsp3) is 0.571. The van der Waals surface area contributed by atoms with Crippen LogP contribution in [0.25, 0.3) is 0 Å². The van der Waals surface area contributed by atoms with Crippen LogP contribution in [-0.2, 0) is 0 Å². The molecule has 1 aromatic carbocycles. The molecule has 1 saturated heterocycles. The summed E-state index contributed by atoms with van der Waals surface area (Å²) in [6, 6.07) is 7.51. The van der Waals surface area contributed by atoms with E-state index in [1.807, 2.05) is 24.3 Å². The molecule has 0 aromatic heterocycles. The van der Waals surface area contributed by atoms with Crippen molar-refractivity contribution in [2.75, 3.05) is 26.2 Å². The van der Waals surface area contributed by atoms with Gasteiger partial charge in [0.2, 0.25) is 0 Å². The summed E-state index contributed by atoms with van der Waals surface area (Å²) in [5.41, 5.74) is 6.52. The third-order valence-electron chi connectivity index (χ3n) is 3.74. The second kappa shape index (κ2) is 6.53. The fourth-order valence-corrected chi connectivity index (χ4v) is 2.73. The van der Waals surface area contributed by atoms with Crippen molar-refractivity contribution in [2.45, 2.75) is 18.9 Å². The van der Waals surface area contributed by atoms with Crippen molar-refractivity contribution in [3.63, 3.8) is 0 Å². The molecule has 0 aliphatic carbocycles. The van der Waals surface area contributed by atoms with Crippen LogP contribution in [-0.4, -0.2) is 36.2 Å². The summed E-state index contributed by atoms with van der Waals surface area (Å²) in [4.78, 5) is 2.37. The zero-order valence-electron chi connectivity index (χ0n) is 10.6. The van der Waals surface area contributed by atoms with Crippen molar-refractivity contribution in [1.29, 1.82) is 0 Å². The fourth-order valence-electron chi connectivity index (χ4n) is 2.61. The first-order chi connectivity index (χ1) is 8.70. The van der Waals surface area contributed by atoms with Gasteiger partial charge in [-0.25, -0.2) is 0 Å². The Morgan fingerprint density at radius 2 is 1.89 bits per heavy atom. The maximum atomic E-state index is 10.4. The lowest BCUT2D eigenvalue weighted by Gasteiger charge is -2.34. The highest BCUT2D eigenvalue weighted by molar-refractivity contribution is 6.30. The van der Waals surface area contributed by atoms with Gasteiger partial charge >= 0.3 is 0 Å². The van der Waals surface area contributed by atoms with Crippen LogP contribution >= 0.6 is 11.6 Å². The van der Waals surface area contributed by atoms with Crippen LogP contribution in [0, 0.1) is 5.92 Å². The minimum Gasteiger partial charge on any atom is -0.388 e. The molecule has 4 heteroatoms. The van der Waals surface area contributed by atoms with Crippen LogP contribution in [0.2, 0.25) is 5.02 Å². The molecule has 1 aliphatic heterocycles. The molecule has 3 nitrogen and oxygen atoms in total. The maximum absolute atomic E-state index is 10.4. The largest absolute Gasteiger partial charge is 0.388 e. The lowest BCUT2D eigenvalue weighted by atomic mass is 9.87. The summed E-state index contributed by atoms with van der Waals surface area (Å²) in [7, 11) is 0. The Morgan fingerprint density at radius 1 is 1.28 bits per heavy atom. The molecule has 0 amide bonds. The maximum Gasteiger partial charge on any atom is 0.0819 e. The van der Waals surface area contributed by atoms with Crippen molar-refractivity contribution in [3.8, 4) is 0 Å². The number of benzene rings is 1. The third-order valence-corrected chi connectivity index (χ3v) is 3.99. The molecular weight excluding hydrogens is 248 g/mol. The Morgan fingerprint density at radius 3 is 2.44 bits per heavy atom. The molecule has 1 atom stereocenters. The van der Waals surface area contributed by atoms with E-state index in [1.54, 1.807) is 0 Å². The van der Waals surface area contributed by atoms with Crippen molar-refractivity contribution >= 4 is 11.6 Å². The van der Waals surface area contributed by atoms with Crippen molar-refractivity contribution < 1.29 is 5.11 Å². The minimum atomic E-state index is -0.373. The molecule has 1 heterocycles. The molecule has 1 aromatic rings. The van der Waals surface area contributed by atoms with Crippen LogP contribution in [0.1, 0.15) is 24.5 Å². The molecule has 0 spiro atoms. The lowest BCUT2D eigenvalue weighted by Crippen LogP contribution is -2.38. The van der Waals surface area contributed by atoms with Crippen LogP contribution < -0.4 is 5.73 Å². The Labute approximate surface area is 114 Å². The molecule has 2 rings (SSSR count). The Bertz CT molecular complexity index is 361. The monoisotopic (exact) mass is 268 g/mol. The van der Waals surface area contributed by atoms with E-state index in [1.165, 1.54) is 0 Å². The van der Waals surface area contributed by atoms with E-state index in [2.05, 4.69) is 4.90 Å². The predicted molar refractivity (Wildman–Crippen MR) is 74.6 cm³/mol. The number of hydrogen-bond acceptors (Lipinski definition) is 3. The first kappa shape index (κ1) is 13.8. The molecule has 100 valence electrons. The molecule has 3 N–H and O–H groups in total. The van der Waals surface area contributed by atoms with Crippen LogP contribution in [0.15, 0.2) is 24.3 Å². The van der Waals surface area contributed by atoms with Crippen LogP contribution in [0.3, 0.4) is 0 Å². The number of piperidine rings is 1. The second-order valence-corrected chi connectivity index (χ2v) is 5.40. The number of nitrogens with two attached hydrogens (primary N) is 1. The summed E-state index contributed by atoms with van der Waals surface area (Å²) in [5, 5.41) is 11.1. The number of rotatable bonds is 4. The summed E-state index contributed by atoms with van der Waals surface area (Å²) in [6.07, 6.45) is 1.69. The van der Waals surface area contributed by atoms with Crippen molar-refractivity contribution in [3.05, 3.63) is 34.9 Å². The first-order valence-corrected chi connectivity index (χ1v) is 6.94. The molecule has 0 bridgehead atoms. The van der Waals surface area contributed by atoms with E-state index >= 15 is 0 Å². The average molecular weight is 269 g/mol. The lowest BCUT2D eigenvalue weighted by molar-refractivity contribution is 0.0598. The summed E-state index contributed by atoms with van der Waals surface area (Å²) >= 11 is 5.86. The summed E-state index contributed by atoms with van der Waals surface area (Å²) in [5.74, 6) is 0.347. The smallest absolute Gasteiger partial charge is 0.0819 e. The van der Waals surface area contributed by atoms with Crippen molar-refractivity contribution in [1.82, 2.24) is 4.90 Å². The number of likely N-dealkylation sites (tertiary alicyclic amines) is 1. The van der Waals surface area contributed by atoms with Gasteiger partial charge in [0.15, 0.2) is 0 Å². The van der Waals surface area contributed by atoms with E-state index in [0.29, 0.717) is 17.5 Å². The van der Waals surface area contributed by atoms with E-state index in [0.717, 1.165) is 38.0 Å². The van der Waals surface area contributed by atoms with E-state index in [9.17, 15) is 5.11 Å². The quantitative estimate of drug-likeness (QED) is 0.879. The van der Waals surface area contributed by atoms with Gasteiger partial charge in [-0.05, 0) is 49.5 Å². The molecule has 0 radical (unpaired) electrons. The molecule has 18 heavy (non-hydrogen) atoms. The zero-order valence-corrected chi connectivity index (χ0v) is 11.3. The number of hydrogen-bond donors (Lipinski definition) is 2. The molecule has 1 unspecified atom stereocenters. The summed E-state index contributed by atoms with van der Waals surface area (Å²) in [6.45, 7) is 3.74. The van der Waals surface area contributed by atoms with E-state index in [-0.39, 0.29) is 6.10 Å². The van der Waals surface area contributed by atoms with Gasteiger partial charge in [-0.15, -0.1) is 0 Å². The van der Waals surface area contributed by atoms with Gasteiger partial charge in [-0.1, -0.05) is 23.7 Å². The molecule has 1 aliphatic rings. The van der Waals surface area contributed by atoms with Crippen LogP contribution in [0.5, 0.6) is 0 Å². The molecule has 1 fully saturated rings. The van der Waals surface area contributed by atoms with Gasteiger partial charge < -0.3 is 15.7 Å². The number of aliphatic hydroxyl groups excluding tert-OH is 1. The zero-order chi connectivity index (χ0) is 13.0. The van der Waals surface area contributed by atoms with E-state index < -0.39 is 0 Å². The Kier molecular flexibility index (Phi) is 5.01. The number of nitrogens with zero attached hydrogens (tertiary/aromatic N) is 1.